The lowest BCUT2D eigenvalue weighted by Gasteiger charge is -2.46. The van der Waals surface area contributed by atoms with Crippen LogP contribution in [0.4, 0.5) is 9.18 Å². The predicted molar refractivity (Wildman–Crippen MR) is 111 cm³/mol. The minimum atomic E-state index is -0.287. The number of rotatable bonds is 2. The zero-order chi connectivity index (χ0) is 20.7. The number of likely N-dealkylation sites (tertiary alicyclic amines) is 1. The van der Waals surface area contributed by atoms with Crippen molar-refractivity contribution in [2.24, 2.45) is 11.8 Å². The van der Waals surface area contributed by atoms with Gasteiger partial charge in [-0.2, -0.15) is 0 Å². The normalized spacial score (nSPS) is 28.7. The van der Waals surface area contributed by atoms with Crippen LogP contribution in [0.1, 0.15) is 22.7 Å². The van der Waals surface area contributed by atoms with Crippen LogP contribution in [0.5, 0.6) is 0 Å². The average molecular weight is 410 g/mol. The van der Waals surface area contributed by atoms with Crippen molar-refractivity contribution in [1.29, 1.82) is 0 Å². The van der Waals surface area contributed by atoms with Crippen LogP contribution >= 0.6 is 0 Å². The van der Waals surface area contributed by atoms with Crippen LogP contribution in [0, 0.1) is 17.7 Å². The zero-order valence-electron chi connectivity index (χ0n) is 17.2. The summed E-state index contributed by atoms with van der Waals surface area (Å²) in [4.78, 5) is 17.5. The lowest BCUT2D eigenvalue weighted by Crippen LogP contribution is -2.56. The Kier molecular flexibility index (Phi) is 5.21. The van der Waals surface area contributed by atoms with Gasteiger partial charge in [0.1, 0.15) is 11.9 Å². The van der Waals surface area contributed by atoms with Crippen LogP contribution < -0.4 is 0 Å². The van der Waals surface area contributed by atoms with Crippen molar-refractivity contribution in [3.63, 3.8) is 0 Å². The molecule has 0 N–H and O–H groups in total. The lowest BCUT2D eigenvalue weighted by atomic mass is 9.85. The van der Waals surface area contributed by atoms with Gasteiger partial charge < -0.3 is 14.4 Å². The van der Waals surface area contributed by atoms with Gasteiger partial charge in [-0.15, -0.1) is 0 Å². The molecule has 2 aromatic carbocycles. The molecule has 3 aliphatic heterocycles. The molecule has 2 saturated heterocycles. The van der Waals surface area contributed by atoms with E-state index in [0.29, 0.717) is 19.8 Å². The first-order valence-corrected chi connectivity index (χ1v) is 10.7. The number of amides is 1. The van der Waals surface area contributed by atoms with Crippen LogP contribution in [0.2, 0.25) is 0 Å². The number of halogens is 1. The number of nitrogens with zero attached hydrogens (tertiary/aromatic N) is 2. The molecule has 1 amide bonds. The fourth-order valence-corrected chi connectivity index (χ4v) is 5.28. The van der Waals surface area contributed by atoms with Gasteiger partial charge in [0.25, 0.3) is 0 Å². The highest BCUT2D eigenvalue weighted by atomic mass is 19.1. The smallest absolute Gasteiger partial charge is 0.410 e. The number of ether oxygens (including phenoxy) is 2. The molecule has 5 rings (SSSR count). The molecule has 2 fully saturated rings. The summed E-state index contributed by atoms with van der Waals surface area (Å²) in [5.41, 5.74) is 3.20. The van der Waals surface area contributed by atoms with Crippen molar-refractivity contribution < 1.29 is 18.7 Å². The maximum absolute atomic E-state index is 13.6. The van der Waals surface area contributed by atoms with Gasteiger partial charge >= 0.3 is 6.09 Å². The summed E-state index contributed by atoms with van der Waals surface area (Å²) in [5, 5.41) is 0. The monoisotopic (exact) mass is 410 g/mol. The van der Waals surface area contributed by atoms with Crippen molar-refractivity contribution >= 4 is 6.09 Å². The predicted octanol–water partition coefficient (Wildman–Crippen LogP) is 3.49. The first-order chi connectivity index (χ1) is 14.6. The Morgan fingerprint density at radius 2 is 1.77 bits per heavy atom. The van der Waals surface area contributed by atoms with E-state index < -0.39 is 0 Å². The lowest BCUT2D eigenvalue weighted by molar-refractivity contribution is -0.127. The Balaban J connectivity index is 1.43. The molecule has 3 aliphatic rings. The molecule has 2 bridgehead atoms. The molecule has 5 nitrogen and oxygen atoms in total. The quantitative estimate of drug-likeness (QED) is 0.760. The topological polar surface area (TPSA) is 42.0 Å². The molecule has 3 heterocycles. The van der Waals surface area contributed by atoms with E-state index in [4.69, 9.17) is 9.47 Å². The molecule has 2 aromatic rings. The van der Waals surface area contributed by atoms with E-state index in [0.717, 1.165) is 30.6 Å². The molecule has 0 aromatic heterocycles. The van der Waals surface area contributed by atoms with E-state index in [1.807, 2.05) is 17.0 Å². The number of carbonyl (C=O) groups is 1. The summed E-state index contributed by atoms with van der Waals surface area (Å²) < 4.78 is 25.4. The SMILES string of the molecule is CN1C[C@@H]2COC[C@@H](C1)C2OC(=O)N1CCc2ccccc2[C@@H]1c1ccc(F)cc1. The van der Waals surface area contributed by atoms with Gasteiger partial charge in [-0.25, -0.2) is 9.18 Å². The van der Waals surface area contributed by atoms with Crippen molar-refractivity contribution in [2.45, 2.75) is 18.6 Å². The number of piperidine rings is 1. The Hall–Kier alpha value is -2.44. The Morgan fingerprint density at radius 3 is 2.50 bits per heavy atom. The van der Waals surface area contributed by atoms with Gasteiger partial charge in [0.2, 0.25) is 0 Å². The zero-order valence-corrected chi connectivity index (χ0v) is 17.2. The second-order valence-electron chi connectivity index (χ2n) is 8.72. The number of hydrogen-bond acceptors (Lipinski definition) is 4. The van der Waals surface area contributed by atoms with Gasteiger partial charge in [0.15, 0.2) is 0 Å². The number of hydrogen-bond donors (Lipinski definition) is 0. The van der Waals surface area contributed by atoms with E-state index in [1.54, 1.807) is 12.1 Å². The number of benzene rings is 2. The Morgan fingerprint density at radius 1 is 1.07 bits per heavy atom. The number of fused-ring (bicyclic) bond motifs is 3. The highest BCUT2D eigenvalue weighted by molar-refractivity contribution is 5.70. The standard InChI is InChI=1S/C24H27FN2O3/c1-26-12-18-14-29-15-19(13-26)23(18)30-24(28)27-11-10-16-4-2-3-5-21(16)22(27)17-6-8-20(25)9-7-17/h2-9,18-19,22-23H,10-15H2,1H3/t18-,19-,22+/m1/s1. The van der Waals surface area contributed by atoms with Gasteiger partial charge in [0, 0.05) is 31.5 Å². The molecule has 0 aliphatic carbocycles. The fraction of sp³-hybridized carbons (Fsp3) is 0.458. The van der Waals surface area contributed by atoms with Crippen molar-refractivity contribution in [3.05, 3.63) is 71.0 Å². The largest absolute Gasteiger partial charge is 0.445 e. The highest BCUT2D eigenvalue weighted by Crippen LogP contribution is 2.37. The maximum atomic E-state index is 13.6. The van der Waals surface area contributed by atoms with E-state index in [1.165, 1.54) is 17.7 Å². The van der Waals surface area contributed by atoms with Gasteiger partial charge in [0.05, 0.1) is 19.3 Å². The summed E-state index contributed by atoms with van der Waals surface area (Å²) in [6, 6.07) is 14.3. The van der Waals surface area contributed by atoms with E-state index >= 15 is 0 Å². The maximum Gasteiger partial charge on any atom is 0.410 e. The summed E-state index contributed by atoms with van der Waals surface area (Å²) >= 11 is 0. The van der Waals surface area contributed by atoms with E-state index in [-0.39, 0.29) is 35.9 Å². The molecule has 3 atom stereocenters. The number of carbonyl (C=O) groups excluding carboxylic acids is 1. The van der Waals surface area contributed by atoms with Crippen molar-refractivity contribution in [3.8, 4) is 0 Å². The first-order valence-electron chi connectivity index (χ1n) is 10.7. The second kappa shape index (κ2) is 8.00. The van der Waals surface area contributed by atoms with Crippen LogP contribution in [0.15, 0.2) is 48.5 Å². The second-order valence-corrected chi connectivity index (χ2v) is 8.72. The van der Waals surface area contributed by atoms with E-state index in [2.05, 4.69) is 24.1 Å². The minimum absolute atomic E-state index is 0.117. The summed E-state index contributed by atoms with van der Waals surface area (Å²) in [6.07, 6.45) is 0.380. The van der Waals surface area contributed by atoms with E-state index in [9.17, 15) is 9.18 Å². The molecule has 6 heteroatoms. The van der Waals surface area contributed by atoms with Gasteiger partial charge in [-0.05, 0) is 42.3 Å². The first kappa shape index (κ1) is 19.5. The van der Waals surface area contributed by atoms with Gasteiger partial charge in [-0.3, -0.25) is 4.90 Å². The van der Waals surface area contributed by atoms with Crippen LogP contribution in [0.3, 0.4) is 0 Å². The third kappa shape index (κ3) is 3.59. The Bertz CT molecular complexity index is 905. The molecule has 0 spiro atoms. The molecule has 0 saturated carbocycles. The molecule has 0 unspecified atom stereocenters. The van der Waals surface area contributed by atoms with Crippen LogP contribution in [0.25, 0.3) is 0 Å². The molecule has 30 heavy (non-hydrogen) atoms. The summed E-state index contributed by atoms with van der Waals surface area (Å²) in [7, 11) is 2.11. The molecular formula is C24H27FN2O3. The molecule has 158 valence electrons. The van der Waals surface area contributed by atoms with Crippen molar-refractivity contribution in [1.82, 2.24) is 9.80 Å². The summed E-state index contributed by atoms with van der Waals surface area (Å²) in [6.45, 7) is 3.58. The van der Waals surface area contributed by atoms with Gasteiger partial charge in [-0.1, -0.05) is 36.4 Å². The highest BCUT2D eigenvalue weighted by Gasteiger charge is 2.43. The molecule has 0 radical (unpaired) electrons. The fourth-order valence-electron chi connectivity index (χ4n) is 5.28. The third-order valence-corrected chi connectivity index (χ3v) is 6.63. The van der Waals surface area contributed by atoms with Crippen LogP contribution in [-0.2, 0) is 15.9 Å². The van der Waals surface area contributed by atoms with Crippen LogP contribution in [-0.4, -0.2) is 61.9 Å². The minimum Gasteiger partial charge on any atom is -0.445 e. The molecular weight excluding hydrogens is 383 g/mol. The van der Waals surface area contributed by atoms with Crippen molar-refractivity contribution in [2.75, 3.05) is 39.9 Å². The average Bonchev–Trinajstić information content (AvgIpc) is 2.74. The third-order valence-electron chi connectivity index (χ3n) is 6.63. The Labute approximate surface area is 176 Å². The summed E-state index contributed by atoms with van der Waals surface area (Å²) in [5.74, 6) is 0.122.